The van der Waals surface area contributed by atoms with Crippen LogP contribution >= 0.6 is 0 Å². The molecule has 4 heterocycles. The molecule has 1 aromatic heterocycles. The first-order valence-corrected chi connectivity index (χ1v) is 26.2. The highest BCUT2D eigenvalue weighted by Gasteiger charge is 2.35. The number of hydrogen-bond acceptors (Lipinski definition) is 8. The van der Waals surface area contributed by atoms with Gasteiger partial charge in [-0.2, -0.15) is 0 Å². The van der Waals surface area contributed by atoms with Crippen LogP contribution < -0.4 is 0 Å². The van der Waals surface area contributed by atoms with Gasteiger partial charge in [-0.1, -0.05) is 152 Å². The first-order chi connectivity index (χ1) is 33.0. The number of benzene rings is 9. The molecule has 10 aromatic rings. The van der Waals surface area contributed by atoms with E-state index in [1.807, 2.05) is 150 Å². The predicted octanol–water partition coefficient (Wildman–Crippen LogP) is 12.0. The summed E-state index contributed by atoms with van der Waals surface area (Å²) < 4.78 is 83.3. The van der Waals surface area contributed by atoms with Crippen molar-refractivity contribution in [1.82, 2.24) is 14.8 Å². The van der Waals surface area contributed by atoms with E-state index in [2.05, 4.69) is 0 Å². The lowest BCUT2D eigenvalue weighted by atomic mass is 9.99. The molecule has 0 atom stereocenters. The summed E-state index contributed by atoms with van der Waals surface area (Å²) in [6, 6.07) is 61.2. The quantitative estimate of drug-likeness (QED) is 0.161. The van der Waals surface area contributed by atoms with Crippen molar-refractivity contribution in [3.63, 3.8) is 0 Å². The zero-order valence-electron chi connectivity index (χ0n) is 35.6. The zero-order valence-corrected chi connectivity index (χ0v) is 38.0. The molecule has 12 heteroatoms. The van der Waals surface area contributed by atoms with Crippen LogP contribution in [0.2, 0.25) is 0 Å². The Bertz CT molecular complexity index is 3980. The second-order valence-corrected chi connectivity index (χ2v) is 22.7. The van der Waals surface area contributed by atoms with E-state index in [0.717, 1.165) is 50.2 Å². The SMILES string of the molecule is O=S1(=O)c2ccccc2-c2ccc(-c3ccc(-c4nnc(-c5ccc(-c6ccc7c(c6)S(=O)(=O)c6ccccc6-7)cc5)n4-c4ccc(-c5ccc6c(c5)S(=O)(=O)c5ccccc5-6)cc4)cc3)cc21. The number of fused-ring (bicyclic) bond motifs is 9. The molecule has 68 heavy (non-hydrogen) atoms. The van der Waals surface area contributed by atoms with Crippen molar-refractivity contribution in [2.45, 2.75) is 29.4 Å². The van der Waals surface area contributed by atoms with Gasteiger partial charge in [0.1, 0.15) is 0 Å². The van der Waals surface area contributed by atoms with Gasteiger partial charge in [-0.25, -0.2) is 25.3 Å². The highest BCUT2D eigenvalue weighted by atomic mass is 32.2. The molecule has 0 aliphatic carbocycles. The Morgan fingerprint density at radius 2 is 0.529 bits per heavy atom. The van der Waals surface area contributed by atoms with E-state index in [9.17, 15) is 25.3 Å². The smallest absolute Gasteiger partial charge is 0.207 e. The second-order valence-electron chi connectivity index (χ2n) is 17.0. The van der Waals surface area contributed by atoms with E-state index >= 15 is 0 Å². The summed E-state index contributed by atoms with van der Waals surface area (Å²) in [5, 5.41) is 9.48. The summed E-state index contributed by atoms with van der Waals surface area (Å²) >= 11 is 0. The topological polar surface area (TPSA) is 133 Å². The molecule has 0 amide bonds. The van der Waals surface area contributed by atoms with Crippen LogP contribution in [-0.4, -0.2) is 40.0 Å². The van der Waals surface area contributed by atoms with Crippen LogP contribution in [0.5, 0.6) is 0 Å². The van der Waals surface area contributed by atoms with Crippen molar-refractivity contribution in [3.05, 3.63) is 200 Å². The van der Waals surface area contributed by atoms with Gasteiger partial charge >= 0.3 is 0 Å². The molecule has 0 saturated carbocycles. The van der Waals surface area contributed by atoms with Crippen molar-refractivity contribution in [3.8, 4) is 95.2 Å². The van der Waals surface area contributed by atoms with Crippen molar-refractivity contribution in [2.75, 3.05) is 0 Å². The molecule has 0 bridgehead atoms. The van der Waals surface area contributed by atoms with Gasteiger partial charge in [-0.05, 0) is 81.9 Å². The maximum Gasteiger partial charge on any atom is 0.207 e. The van der Waals surface area contributed by atoms with E-state index in [1.165, 1.54) is 0 Å². The average molecular weight is 940 g/mol. The number of sulfone groups is 3. The van der Waals surface area contributed by atoms with Crippen molar-refractivity contribution >= 4 is 29.5 Å². The Morgan fingerprint density at radius 1 is 0.265 bits per heavy atom. The van der Waals surface area contributed by atoms with Crippen molar-refractivity contribution < 1.29 is 25.3 Å². The van der Waals surface area contributed by atoms with Crippen molar-refractivity contribution in [1.29, 1.82) is 0 Å². The number of hydrogen-bond donors (Lipinski definition) is 0. The zero-order chi connectivity index (χ0) is 46.1. The molecule has 326 valence electrons. The Balaban J connectivity index is 0.876. The standard InChI is InChI=1S/C56H33N3O6S3/c60-66(61)49-10-4-1-7-43(49)46-28-23-39(31-52(46)66)34-13-17-37(18-14-34)55-57-58-56(38-19-15-35(16-20-38)40-24-29-47-44-8-2-5-11-50(44)67(62,63)53(47)32-40)59(55)42-26-21-36(22-27-42)41-25-30-48-45-9-3-6-12-51(45)68(64,65)54(48)33-41/h1-33H. The van der Waals surface area contributed by atoms with Crippen LogP contribution in [0.1, 0.15) is 0 Å². The van der Waals surface area contributed by atoms with E-state index in [1.54, 1.807) is 54.6 Å². The Hall–Kier alpha value is -8.03. The fraction of sp³-hybridized carbons (Fsp3) is 0. The van der Waals surface area contributed by atoms with E-state index in [0.29, 0.717) is 59.7 Å². The Kier molecular flexibility index (Phi) is 8.58. The van der Waals surface area contributed by atoms with E-state index < -0.39 is 29.5 Å². The first kappa shape index (κ1) is 40.3. The van der Waals surface area contributed by atoms with Crippen molar-refractivity contribution in [2.24, 2.45) is 0 Å². The van der Waals surface area contributed by atoms with Gasteiger partial charge in [0.15, 0.2) is 11.6 Å². The van der Waals surface area contributed by atoms with Gasteiger partial charge in [0, 0.05) is 50.2 Å². The molecular formula is C56H33N3O6S3. The number of nitrogens with zero attached hydrogens (tertiary/aromatic N) is 3. The Labute approximate surface area is 392 Å². The summed E-state index contributed by atoms with van der Waals surface area (Å²) in [7, 11) is -11.0. The summed E-state index contributed by atoms with van der Waals surface area (Å²) in [5.41, 5.74) is 11.2. The molecule has 9 aromatic carbocycles. The maximum atomic E-state index is 13.6. The lowest BCUT2D eigenvalue weighted by molar-refractivity contribution is 0.597. The first-order valence-electron chi connectivity index (χ1n) is 21.7. The second kappa shape index (κ2) is 14.5. The largest absolute Gasteiger partial charge is 0.275 e. The summed E-state index contributed by atoms with van der Waals surface area (Å²) in [6.07, 6.45) is 0. The molecule has 3 aliphatic heterocycles. The lowest BCUT2D eigenvalue weighted by Gasteiger charge is -2.13. The van der Waals surface area contributed by atoms with Crippen LogP contribution in [0.15, 0.2) is 230 Å². The molecule has 0 fully saturated rings. The third-order valence-electron chi connectivity index (χ3n) is 13.3. The van der Waals surface area contributed by atoms with Crippen LogP contribution in [0.25, 0.3) is 95.2 Å². The number of rotatable bonds is 6. The predicted molar refractivity (Wildman–Crippen MR) is 261 cm³/mol. The average Bonchev–Trinajstić information content (AvgIpc) is 4.06. The van der Waals surface area contributed by atoms with E-state index in [4.69, 9.17) is 10.2 Å². The third-order valence-corrected chi connectivity index (χ3v) is 18.8. The molecule has 0 unspecified atom stereocenters. The Morgan fingerprint density at radius 3 is 0.868 bits per heavy atom. The number of aromatic nitrogens is 3. The monoisotopic (exact) mass is 939 g/mol. The molecule has 13 rings (SSSR count). The lowest BCUT2D eigenvalue weighted by Crippen LogP contribution is -2.01. The van der Waals surface area contributed by atoms with Gasteiger partial charge in [-0.3, -0.25) is 4.57 Å². The van der Waals surface area contributed by atoms with Crippen LogP contribution in [0, 0.1) is 0 Å². The molecule has 0 radical (unpaired) electrons. The highest BCUT2D eigenvalue weighted by molar-refractivity contribution is 7.92. The molecule has 0 saturated heterocycles. The molecule has 3 aliphatic rings. The summed E-state index contributed by atoms with van der Waals surface area (Å²) in [5.74, 6) is 1.11. The molecule has 9 nitrogen and oxygen atoms in total. The fourth-order valence-corrected chi connectivity index (χ4v) is 15.0. The van der Waals surface area contributed by atoms with Gasteiger partial charge in [0.25, 0.3) is 0 Å². The summed E-state index contributed by atoms with van der Waals surface area (Å²) in [6.45, 7) is 0. The fourth-order valence-electron chi connectivity index (χ4n) is 9.90. The molecular weight excluding hydrogens is 907 g/mol. The minimum atomic E-state index is -3.67. The van der Waals surface area contributed by atoms with Gasteiger partial charge in [-0.15, -0.1) is 10.2 Å². The highest BCUT2D eigenvalue weighted by Crippen LogP contribution is 2.47. The van der Waals surface area contributed by atoms with Crippen LogP contribution in [-0.2, 0) is 29.5 Å². The van der Waals surface area contributed by atoms with Gasteiger partial charge in [0.2, 0.25) is 29.5 Å². The van der Waals surface area contributed by atoms with E-state index in [-0.39, 0.29) is 14.7 Å². The third kappa shape index (κ3) is 5.87. The van der Waals surface area contributed by atoms with Crippen LogP contribution in [0.3, 0.4) is 0 Å². The normalized spacial score (nSPS) is 14.9. The molecule has 0 N–H and O–H groups in total. The van der Waals surface area contributed by atoms with Crippen LogP contribution in [0.4, 0.5) is 0 Å². The minimum absolute atomic E-state index is 0.286. The van der Waals surface area contributed by atoms with Gasteiger partial charge < -0.3 is 0 Å². The minimum Gasteiger partial charge on any atom is -0.275 e. The van der Waals surface area contributed by atoms with Gasteiger partial charge in [0.05, 0.1) is 29.4 Å². The molecule has 0 spiro atoms. The maximum absolute atomic E-state index is 13.6. The summed E-state index contributed by atoms with van der Waals surface area (Å²) in [4.78, 5) is 1.81.